The number of aryl methyl sites for hydroxylation is 2. The van der Waals surface area contributed by atoms with Gasteiger partial charge in [0.05, 0.1) is 16.4 Å². The summed E-state index contributed by atoms with van der Waals surface area (Å²) in [5, 5.41) is 4.99. The van der Waals surface area contributed by atoms with Crippen LogP contribution < -0.4 is 0 Å². The van der Waals surface area contributed by atoms with Crippen LogP contribution in [0.2, 0.25) is 5.02 Å². The van der Waals surface area contributed by atoms with Crippen molar-refractivity contribution in [3.8, 4) is 0 Å². The lowest BCUT2D eigenvalue weighted by molar-refractivity contribution is -0.115. The standard InChI is InChI=1S/C12H15ClN2O/c1-8-12(13)11(15(2)14-8)7-9-4-3-5-10(16)6-9/h6H,3-5,7H2,1-2H3. The normalized spacial score (nSPS) is 16.4. The number of carbonyl (C=O) groups excluding carboxylic acids is 1. The van der Waals surface area contributed by atoms with Crippen LogP contribution in [0.1, 0.15) is 30.7 Å². The highest BCUT2D eigenvalue weighted by Crippen LogP contribution is 2.25. The van der Waals surface area contributed by atoms with Crippen molar-refractivity contribution in [1.82, 2.24) is 9.78 Å². The van der Waals surface area contributed by atoms with E-state index in [-0.39, 0.29) is 5.78 Å². The van der Waals surface area contributed by atoms with Gasteiger partial charge >= 0.3 is 0 Å². The first-order valence-corrected chi connectivity index (χ1v) is 5.86. The fourth-order valence-electron chi connectivity index (χ4n) is 2.09. The summed E-state index contributed by atoms with van der Waals surface area (Å²) in [6.45, 7) is 1.90. The number of rotatable bonds is 2. The molecule has 86 valence electrons. The molecule has 0 N–H and O–H groups in total. The third kappa shape index (κ3) is 2.19. The Balaban J connectivity index is 2.24. The Labute approximate surface area is 100 Å². The number of aromatic nitrogens is 2. The van der Waals surface area contributed by atoms with Gasteiger partial charge in [0, 0.05) is 19.9 Å². The third-order valence-electron chi connectivity index (χ3n) is 2.94. The van der Waals surface area contributed by atoms with Crippen LogP contribution in [0.4, 0.5) is 0 Å². The van der Waals surface area contributed by atoms with Crippen molar-refractivity contribution >= 4 is 17.4 Å². The van der Waals surface area contributed by atoms with Gasteiger partial charge in [-0.25, -0.2) is 0 Å². The summed E-state index contributed by atoms with van der Waals surface area (Å²) in [6.07, 6.45) is 5.14. The van der Waals surface area contributed by atoms with Crippen LogP contribution in [0.5, 0.6) is 0 Å². The van der Waals surface area contributed by atoms with Gasteiger partial charge in [-0.1, -0.05) is 17.2 Å². The van der Waals surface area contributed by atoms with Gasteiger partial charge in [0.2, 0.25) is 0 Å². The quantitative estimate of drug-likeness (QED) is 0.794. The van der Waals surface area contributed by atoms with Gasteiger partial charge < -0.3 is 0 Å². The molecular weight excluding hydrogens is 224 g/mol. The van der Waals surface area contributed by atoms with Crippen molar-refractivity contribution in [2.75, 3.05) is 0 Å². The Hall–Kier alpha value is -1.09. The largest absolute Gasteiger partial charge is 0.295 e. The molecule has 2 rings (SSSR count). The maximum atomic E-state index is 11.3. The summed E-state index contributed by atoms with van der Waals surface area (Å²) in [4.78, 5) is 11.3. The summed E-state index contributed by atoms with van der Waals surface area (Å²) >= 11 is 6.17. The molecule has 1 aromatic rings. The first-order chi connectivity index (χ1) is 7.58. The van der Waals surface area contributed by atoms with Gasteiger partial charge in [0.1, 0.15) is 0 Å². The number of ketones is 1. The number of allylic oxidation sites excluding steroid dienone is 2. The van der Waals surface area contributed by atoms with Crippen LogP contribution in [0.15, 0.2) is 11.6 Å². The summed E-state index contributed by atoms with van der Waals surface area (Å²) in [5.41, 5.74) is 3.02. The second-order valence-electron chi connectivity index (χ2n) is 4.27. The molecule has 0 saturated heterocycles. The molecule has 0 radical (unpaired) electrons. The second kappa shape index (κ2) is 4.42. The van der Waals surface area contributed by atoms with Gasteiger partial charge in [-0.3, -0.25) is 9.48 Å². The Kier molecular flexibility index (Phi) is 3.15. The fourth-order valence-corrected chi connectivity index (χ4v) is 2.32. The van der Waals surface area contributed by atoms with Gasteiger partial charge in [-0.2, -0.15) is 5.10 Å². The van der Waals surface area contributed by atoms with Crippen LogP contribution in [-0.4, -0.2) is 15.6 Å². The smallest absolute Gasteiger partial charge is 0.155 e. The first-order valence-electron chi connectivity index (χ1n) is 5.48. The van der Waals surface area contributed by atoms with E-state index in [0.29, 0.717) is 6.42 Å². The molecule has 0 unspecified atom stereocenters. The predicted octanol–water partition coefficient (Wildman–Crippen LogP) is 2.60. The van der Waals surface area contributed by atoms with E-state index in [1.165, 1.54) is 5.57 Å². The van der Waals surface area contributed by atoms with Gasteiger partial charge in [-0.05, 0) is 25.8 Å². The Morgan fingerprint density at radius 3 is 2.81 bits per heavy atom. The minimum Gasteiger partial charge on any atom is -0.295 e. The molecule has 1 aliphatic carbocycles. The molecule has 0 spiro atoms. The average Bonchev–Trinajstić information content (AvgIpc) is 2.45. The van der Waals surface area contributed by atoms with Crippen LogP contribution in [0, 0.1) is 6.92 Å². The molecule has 1 aromatic heterocycles. The molecule has 4 heteroatoms. The maximum absolute atomic E-state index is 11.3. The highest BCUT2D eigenvalue weighted by Gasteiger charge is 2.15. The van der Waals surface area contributed by atoms with E-state index in [1.807, 2.05) is 14.0 Å². The molecule has 0 atom stereocenters. The summed E-state index contributed by atoms with van der Waals surface area (Å²) in [6, 6.07) is 0. The summed E-state index contributed by atoms with van der Waals surface area (Å²) < 4.78 is 1.80. The molecule has 16 heavy (non-hydrogen) atoms. The number of hydrogen-bond donors (Lipinski definition) is 0. The molecule has 0 aromatic carbocycles. The van der Waals surface area contributed by atoms with Crippen LogP contribution in [-0.2, 0) is 18.3 Å². The predicted molar refractivity (Wildman–Crippen MR) is 63.6 cm³/mol. The fraction of sp³-hybridized carbons (Fsp3) is 0.500. The van der Waals surface area contributed by atoms with Crippen molar-refractivity contribution in [2.45, 2.75) is 32.6 Å². The minimum absolute atomic E-state index is 0.233. The lowest BCUT2D eigenvalue weighted by Gasteiger charge is -2.12. The van der Waals surface area contributed by atoms with E-state index < -0.39 is 0 Å². The molecule has 1 aliphatic rings. The van der Waals surface area contributed by atoms with Crippen LogP contribution in [0.25, 0.3) is 0 Å². The van der Waals surface area contributed by atoms with Crippen molar-refractivity contribution in [2.24, 2.45) is 7.05 Å². The Morgan fingerprint density at radius 2 is 2.25 bits per heavy atom. The molecule has 1 heterocycles. The van der Waals surface area contributed by atoms with E-state index in [1.54, 1.807) is 10.8 Å². The maximum Gasteiger partial charge on any atom is 0.155 e. The van der Waals surface area contributed by atoms with Crippen molar-refractivity contribution in [3.05, 3.63) is 28.1 Å². The second-order valence-corrected chi connectivity index (χ2v) is 4.65. The molecule has 0 amide bonds. The van der Waals surface area contributed by atoms with E-state index in [9.17, 15) is 4.79 Å². The van der Waals surface area contributed by atoms with Crippen molar-refractivity contribution < 1.29 is 4.79 Å². The first kappa shape index (κ1) is 11.4. The third-order valence-corrected chi connectivity index (χ3v) is 3.43. The zero-order valence-corrected chi connectivity index (χ0v) is 10.3. The van der Waals surface area contributed by atoms with Crippen LogP contribution >= 0.6 is 11.6 Å². The highest BCUT2D eigenvalue weighted by atomic mass is 35.5. The van der Waals surface area contributed by atoms with Gasteiger partial charge in [0.25, 0.3) is 0 Å². The monoisotopic (exact) mass is 238 g/mol. The highest BCUT2D eigenvalue weighted by molar-refractivity contribution is 6.31. The number of carbonyl (C=O) groups is 1. The van der Waals surface area contributed by atoms with Crippen molar-refractivity contribution in [3.63, 3.8) is 0 Å². The van der Waals surface area contributed by atoms with E-state index in [2.05, 4.69) is 5.10 Å². The number of halogens is 1. The van der Waals surface area contributed by atoms with Gasteiger partial charge in [0.15, 0.2) is 5.78 Å². The van der Waals surface area contributed by atoms with E-state index >= 15 is 0 Å². The zero-order valence-electron chi connectivity index (χ0n) is 9.59. The number of hydrogen-bond acceptors (Lipinski definition) is 2. The topological polar surface area (TPSA) is 34.9 Å². The lowest BCUT2D eigenvalue weighted by Crippen LogP contribution is -2.07. The number of nitrogens with zero attached hydrogens (tertiary/aromatic N) is 2. The Morgan fingerprint density at radius 1 is 1.50 bits per heavy atom. The summed E-state index contributed by atoms with van der Waals surface area (Å²) in [7, 11) is 1.89. The van der Waals surface area contributed by atoms with Gasteiger partial charge in [-0.15, -0.1) is 0 Å². The van der Waals surface area contributed by atoms with Crippen molar-refractivity contribution in [1.29, 1.82) is 0 Å². The zero-order chi connectivity index (χ0) is 11.7. The minimum atomic E-state index is 0.233. The SMILES string of the molecule is Cc1nn(C)c(CC2=CC(=O)CCC2)c1Cl. The molecule has 0 saturated carbocycles. The van der Waals surface area contributed by atoms with E-state index in [0.717, 1.165) is 35.7 Å². The average molecular weight is 239 g/mol. The summed E-state index contributed by atoms with van der Waals surface area (Å²) in [5.74, 6) is 0.233. The van der Waals surface area contributed by atoms with E-state index in [4.69, 9.17) is 11.6 Å². The van der Waals surface area contributed by atoms with Crippen LogP contribution in [0.3, 0.4) is 0 Å². The lowest BCUT2D eigenvalue weighted by atomic mass is 9.95. The molecule has 0 fully saturated rings. The molecule has 0 bridgehead atoms. The molecule has 0 aliphatic heterocycles. The molecular formula is C12H15ClN2O. The Bertz CT molecular complexity index is 460. The molecule has 3 nitrogen and oxygen atoms in total.